The SMILES string of the molecule is Cc1ccc(-c2ccccc2C(N)CC(=O)O)cc1. The molecule has 0 amide bonds. The maximum Gasteiger partial charge on any atom is 0.305 e. The van der Waals surface area contributed by atoms with Crippen molar-refractivity contribution >= 4 is 5.97 Å². The Morgan fingerprint density at radius 2 is 1.79 bits per heavy atom. The van der Waals surface area contributed by atoms with Crippen molar-refractivity contribution in [1.82, 2.24) is 0 Å². The minimum atomic E-state index is -0.883. The van der Waals surface area contributed by atoms with E-state index in [1.165, 1.54) is 5.56 Å². The van der Waals surface area contributed by atoms with Crippen molar-refractivity contribution in [2.75, 3.05) is 0 Å². The summed E-state index contributed by atoms with van der Waals surface area (Å²) in [4.78, 5) is 10.8. The molecule has 0 radical (unpaired) electrons. The molecule has 3 nitrogen and oxygen atoms in total. The Balaban J connectivity index is 2.40. The Morgan fingerprint density at radius 1 is 1.16 bits per heavy atom. The summed E-state index contributed by atoms with van der Waals surface area (Å²) in [5.74, 6) is -0.883. The topological polar surface area (TPSA) is 63.3 Å². The molecular weight excluding hydrogens is 238 g/mol. The summed E-state index contributed by atoms with van der Waals surface area (Å²) in [5.41, 5.74) is 10.1. The smallest absolute Gasteiger partial charge is 0.305 e. The second-order valence-corrected chi connectivity index (χ2v) is 4.66. The van der Waals surface area contributed by atoms with E-state index in [9.17, 15) is 4.79 Å². The lowest BCUT2D eigenvalue weighted by atomic mass is 9.93. The lowest BCUT2D eigenvalue weighted by Crippen LogP contribution is -2.15. The second kappa shape index (κ2) is 5.67. The summed E-state index contributed by atoms with van der Waals surface area (Å²) in [6.45, 7) is 2.03. The van der Waals surface area contributed by atoms with E-state index in [4.69, 9.17) is 10.8 Å². The average Bonchev–Trinajstić information content (AvgIpc) is 2.39. The van der Waals surface area contributed by atoms with Crippen LogP contribution in [0.2, 0.25) is 0 Å². The molecule has 0 aliphatic heterocycles. The first-order chi connectivity index (χ1) is 9.08. The average molecular weight is 255 g/mol. The first-order valence-electron chi connectivity index (χ1n) is 6.21. The quantitative estimate of drug-likeness (QED) is 0.882. The summed E-state index contributed by atoms with van der Waals surface area (Å²) in [6, 6.07) is 15.3. The normalized spacial score (nSPS) is 12.1. The Labute approximate surface area is 112 Å². The van der Waals surface area contributed by atoms with Gasteiger partial charge in [0.25, 0.3) is 0 Å². The minimum absolute atomic E-state index is 0.0666. The molecule has 0 aromatic heterocycles. The van der Waals surface area contributed by atoms with Crippen molar-refractivity contribution in [3.63, 3.8) is 0 Å². The maximum atomic E-state index is 10.8. The fourth-order valence-corrected chi connectivity index (χ4v) is 2.11. The van der Waals surface area contributed by atoms with E-state index in [-0.39, 0.29) is 6.42 Å². The molecule has 2 aromatic rings. The molecule has 0 aliphatic rings. The number of benzene rings is 2. The predicted octanol–water partition coefficient (Wildman–Crippen LogP) is 3.14. The molecule has 0 saturated heterocycles. The van der Waals surface area contributed by atoms with Crippen LogP contribution >= 0.6 is 0 Å². The number of carboxylic acids is 1. The van der Waals surface area contributed by atoms with Crippen molar-refractivity contribution in [3.8, 4) is 11.1 Å². The monoisotopic (exact) mass is 255 g/mol. The van der Waals surface area contributed by atoms with Gasteiger partial charge >= 0.3 is 5.97 Å². The van der Waals surface area contributed by atoms with Crippen LogP contribution in [0.1, 0.15) is 23.6 Å². The van der Waals surface area contributed by atoms with Crippen LogP contribution in [0.3, 0.4) is 0 Å². The Hall–Kier alpha value is -2.13. The maximum absolute atomic E-state index is 10.8. The molecule has 0 fully saturated rings. The van der Waals surface area contributed by atoms with Crippen LogP contribution in [0.25, 0.3) is 11.1 Å². The third-order valence-corrected chi connectivity index (χ3v) is 3.12. The number of nitrogens with two attached hydrogens (primary N) is 1. The summed E-state index contributed by atoms with van der Waals surface area (Å²) in [6.07, 6.45) is -0.0666. The van der Waals surface area contributed by atoms with Gasteiger partial charge < -0.3 is 10.8 Å². The van der Waals surface area contributed by atoms with Crippen LogP contribution in [0.4, 0.5) is 0 Å². The van der Waals surface area contributed by atoms with E-state index < -0.39 is 12.0 Å². The van der Waals surface area contributed by atoms with Crippen LogP contribution in [0.15, 0.2) is 48.5 Å². The number of aryl methyl sites for hydroxylation is 1. The van der Waals surface area contributed by atoms with E-state index in [1.807, 2.05) is 55.5 Å². The molecule has 2 rings (SSSR count). The fraction of sp³-hybridized carbons (Fsp3) is 0.188. The van der Waals surface area contributed by atoms with Gasteiger partial charge in [0.15, 0.2) is 0 Å². The largest absolute Gasteiger partial charge is 0.481 e. The third kappa shape index (κ3) is 3.20. The number of carbonyl (C=O) groups is 1. The van der Waals surface area contributed by atoms with Crippen LogP contribution in [0, 0.1) is 6.92 Å². The molecule has 2 aromatic carbocycles. The zero-order chi connectivity index (χ0) is 13.8. The molecular formula is C16H17NO2. The summed E-state index contributed by atoms with van der Waals surface area (Å²) >= 11 is 0. The van der Waals surface area contributed by atoms with Crippen molar-refractivity contribution in [3.05, 3.63) is 59.7 Å². The number of hydrogen-bond donors (Lipinski definition) is 2. The lowest BCUT2D eigenvalue weighted by molar-refractivity contribution is -0.137. The molecule has 19 heavy (non-hydrogen) atoms. The number of aliphatic carboxylic acids is 1. The van der Waals surface area contributed by atoms with Crippen molar-refractivity contribution in [2.24, 2.45) is 5.73 Å². The van der Waals surface area contributed by atoms with Crippen molar-refractivity contribution in [2.45, 2.75) is 19.4 Å². The van der Waals surface area contributed by atoms with Gasteiger partial charge in [-0.3, -0.25) is 4.79 Å². The molecule has 0 aliphatic carbocycles. The molecule has 1 unspecified atom stereocenters. The van der Waals surface area contributed by atoms with Crippen LogP contribution < -0.4 is 5.73 Å². The summed E-state index contributed by atoms with van der Waals surface area (Å²) in [7, 11) is 0. The van der Waals surface area contributed by atoms with E-state index in [0.29, 0.717) is 0 Å². The number of hydrogen-bond acceptors (Lipinski definition) is 2. The highest BCUT2D eigenvalue weighted by Gasteiger charge is 2.14. The summed E-state index contributed by atoms with van der Waals surface area (Å²) < 4.78 is 0. The highest BCUT2D eigenvalue weighted by atomic mass is 16.4. The van der Waals surface area contributed by atoms with Crippen LogP contribution in [-0.4, -0.2) is 11.1 Å². The van der Waals surface area contributed by atoms with Gasteiger partial charge in [-0.25, -0.2) is 0 Å². The van der Waals surface area contributed by atoms with Gasteiger partial charge in [0.2, 0.25) is 0 Å². The van der Waals surface area contributed by atoms with Gasteiger partial charge in [-0.05, 0) is 23.6 Å². The fourth-order valence-electron chi connectivity index (χ4n) is 2.11. The van der Waals surface area contributed by atoms with E-state index in [1.54, 1.807) is 0 Å². The minimum Gasteiger partial charge on any atom is -0.481 e. The molecule has 0 spiro atoms. The van der Waals surface area contributed by atoms with Crippen LogP contribution in [0.5, 0.6) is 0 Å². The molecule has 0 saturated carbocycles. The Bertz CT molecular complexity index is 576. The van der Waals surface area contributed by atoms with Gasteiger partial charge in [0, 0.05) is 6.04 Å². The van der Waals surface area contributed by atoms with E-state index in [0.717, 1.165) is 16.7 Å². The highest BCUT2D eigenvalue weighted by molar-refractivity contribution is 5.71. The zero-order valence-electron chi connectivity index (χ0n) is 10.8. The summed E-state index contributed by atoms with van der Waals surface area (Å²) in [5, 5.41) is 8.86. The first-order valence-corrected chi connectivity index (χ1v) is 6.21. The molecule has 3 heteroatoms. The van der Waals surface area contributed by atoms with Crippen LogP contribution in [-0.2, 0) is 4.79 Å². The number of rotatable bonds is 4. The van der Waals surface area contributed by atoms with Gasteiger partial charge in [0.05, 0.1) is 6.42 Å². The first kappa shape index (κ1) is 13.3. The lowest BCUT2D eigenvalue weighted by Gasteiger charge is -2.15. The second-order valence-electron chi connectivity index (χ2n) is 4.66. The van der Waals surface area contributed by atoms with Gasteiger partial charge in [0.1, 0.15) is 0 Å². The highest BCUT2D eigenvalue weighted by Crippen LogP contribution is 2.28. The molecule has 0 bridgehead atoms. The standard InChI is InChI=1S/C16H17NO2/c1-11-6-8-12(9-7-11)13-4-2-3-5-14(13)15(17)10-16(18)19/h2-9,15H,10,17H2,1H3,(H,18,19). The van der Waals surface area contributed by atoms with Crippen molar-refractivity contribution in [1.29, 1.82) is 0 Å². The molecule has 98 valence electrons. The van der Waals surface area contributed by atoms with Gasteiger partial charge in [-0.1, -0.05) is 54.1 Å². The molecule has 1 atom stereocenters. The molecule has 0 heterocycles. The van der Waals surface area contributed by atoms with Gasteiger partial charge in [-0.15, -0.1) is 0 Å². The van der Waals surface area contributed by atoms with E-state index in [2.05, 4.69) is 0 Å². The third-order valence-electron chi connectivity index (χ3n) is 3.12. The molecule has 3 N–H and O–H groups in total. The zero-order valence-corrected chi connectivity index (χ0v) is 10.8. The number of carboxylic acid groups (broad SMARTS) is 1. The Kier molecular flexibility index (Phi) is 3.97. The predicted molar refractivity (Wildman–Crippen MR) is 75.8 cm³/mol. The van der Waals surface area contributed by atoms with Gasteiger partial charge in [-0.2, -0.15) is 0 Å². The van der Waals surface area contributed by atoms with Crippen molar-refractivity contribution < 1.29 is 9.90 Å². The Morgan fingerprint density at radius 3 is 2.42 bits per heavy atom. The van der Waals surface area contributed by atoms with E-state index >= 15 is 0 Å².